The second kappa shape index (κ2) is 10.6. The smallest absolute Gasteiger partial charge is 0.0991 e. The molecule has 0 saturated heterocycles. The van der Waals surface area contributed by atoms with Gasteiger partial charge >= 0.3 is 0 Å². The molecule has 0 saturated carbocycles. The molecule has 4 nitrogen and oxygen atoms in total. The Morgan fingerprint density at radius 1 is 0.471 bits per heavy atom. The predicted octanol–water partition coefficient (Wildman–Crippen LogP) is 11.6. The monoisotopic (exact) mass is 650 g/mol. The van der Waals surface area contributed by atoms with Gasteiger partial charge in [0.25, 0.3) is 0 Å². The molecule has 0 radical (unpaired) electrons. The SMILES string of the molecule is CC1(C)c2ccc(C#N)cc2-c2ccc3c(c21)c1ccccc1n3-c1cccc(-c2cccc(-n3c4ccccc4c4cc(C#N)ccc43)c2)c1. The molecular formula is C47H30N4. The van der Waals surface area contributed by atoms with Gasteiger partial charge in [-0.3, -0.25) is 0 Å². The molecule has 0 atom stereocenters. The summed E-state index contributed by atoms with van der Waals surface area (Å²) in [6.45, 7) is 4.62. The summed E-state index contributed by atoms with van der Waals surface area (Å²) in [6.07, 6.45) is 0. The van der Waals surface area contributed by atoms with Crippen molar-refractivity contribution in [1.29, 1.82) is 10.5 Å². The first-order valence-corrected chi connectivity index (χ1v) is 17.2. The summed E-state index contributed by atoms with van der Waals surface area (Å²) in [4.78, 5) is 0. The molecule has 51 heavy (non-hydrogen) atoms. The van der Waals surface area contributed by atoms with E-state index >= 15 is 0 Å². The fourth-order valence-electron chi connectivity index (χ4n) is 8.70. The lowest BCUT2D eigenvalue weighted by Gasteiger charge is -2.22. The van der Waals surface area contributed by atoms with Crippen molar-refractivity contribution in [1.82, 2.24) is 9.13 Å². The number of nitriles is 2. The van der Waals surface area contributed by atoms with Crippen LogP contribution in [0, 0.1) is 22.7 Å². The summed E-state index contributed by atoms with van der Waals surface area (Å²) in [6, 6.07) is 55.9. The molecule has 0 bridgehead atoms. The molecule has 0 fully saturated rings. The molecule has 1 aliphatic carbocycles. The molecule has 9 aromatic rings. The topological polar surface area (TPSA) is 57.4 Å². The lowest BCUT2D eigenvalue weighted by atomic mass is 9.80. The highest BCUT2D eigenvalue weighted by Crippen LogP contribution is 2.53. The van der Waals surface area contributed by atoms with Crippen LogP contribution in [0.5, 0.6) is 0 Å². The fourth-order valence-corrected chi connectivity index (χ4v) is 8.70. The first-order chi connectivity index (χ1) is 25.0. The largest absolute Gasteiger partial charge is 0.309 e. The summed E-state index contributed by atoms with van der Waals surface area (Å²) in [5.41, 5.74) is 15.0. The van der Waals surface area contributed by atoms with Gasteiger partial charge in [-0.2, -0.15) is 10.5 Å². The number of hydrogen-bond donors (Lipinski definition) is 0. The summed E-state index contributed by atoms with van der Waals surface area (Å²) >= 11 is 0. The Hall–Kier alpha value is -6.88. The second-order valence-corrected chi connectivity index (χ2v) is 14.0. The lowest BCUT2D eigenvalue weighted by Crippen LogP contribution is -2.15. The lowest BCUT2D eigenvalue weighted by molar-refractivity contribution is 0.666. The zero-order valence-corrected chi connectivity index (χ0v) is 28.1. The van der Waals surface area contributed by atoms with E-state index in [0.29, 0.717) is 11.1 Å². The maximum atomic E-state index is 9.70. The minimum absolute atomic E-state index is 0.224. The Balaban J connectivity index is 1.15. The number of fused-ring (bicyclic) bond motifs is 10. The number of nitrogens with zero attached hydrogens (tertiary/aromatic N) is 4. The second-order valence-electron chi connectivity index (χ2n) is 14.0. The first kappa shape index (κ1) is 29.1. The van der Waals surface area contributed by atoms with Crippen LogP contribution in [0.2, 0.25) is 0 Å². The van der Waals surface area contributed by atoms with Gasteiger partial charge in [-0.05, 0) is 106 Å². The van der Waals surface area contributed by atoms with Crippen molar-refractivity contribution in [3.63, 3.8) is 0 Å². The number of benzene rings is 7. The molecule has 7 aromatic carbocycles. The van der Waals surface area contributed by atoms with Gasteiger partial charge in [-0.25, -0.2) is 0 Å². The van der Waals surface area contributed by atoms with Crippen LogP contribution in [0.15, 0.2) is 146 Å². The summed E-state index contributed by atoms with van der Waals surface area (Å²) in [5.74, 6) is 0. The van der Waals surface area contributed by atoms with Crippen LogP contribution >= 0.6 is 0 Å². The third-order valence-electron chi connectivity index (χ3n) is 10.9. The fraction of sp³-hybridized carbons (Fsp3) is 0.0638. The van der Waals surface area contributed by atoms with E-state index in [0.717, 1.165) is 49.9 Å². The normalized spacial score (nSPS) is 13.0. The van der Waals surface area contributed by atoms with Crippen molar-refractivity contribution in [2.75, 3.05) is 0 Å². The summed E-state index contributed by atoms with van der Waals surface area (Å²) in [7, 11) is 0. The summed E-state index contributed by atoms with van der Waals surface area (Å²) < 4.78 is 4.70. The van der Waals surface area contributed by atoms with Crippen LogP contribution in [-0.2, 0) is 5.41 Å². The van der Waals surface area contributed by atoms with Gasteiger partial charge in [0.1, 0.15) is 0 Å². The van der Waals surface area contributed by atoms with E-state index in [9.17, 15) is 10.5 Å². The Morgan fingerprint density at radius 3 is 1.75 bits per heavy atom. The van der Waals surface area contributed by atoms with Crippen molar-refractivity contribution in [2.24, 2.45) is 0 Å². The maximum absolute atomic E-state index is 9.70. The van der Waals surface area contributed by atoms with E-state index in [2.05, 4.69) is 163 Å². The molecule has 10 rings (SSSR count). The molecule has 238 valence electrons. The van der Waals surface area contributed by atoms with E-state index in [-0.39, 0.29) is 5.41 Å². The van der Waals surface area contributed by atoms with Crippen molar-refractivity contribution in [3.8, 4) is 45.8 Å². The number of aromatic nitrogens is 2. The third-order valence-corrected chi connectivity index (χ3v) is 10.9. The molecule has 0 spiro atoms. The van der Waals surface area contributed by atoms with E-state index in [1.807, 2.05) is 18.2 Å². The van der Waals surface area contributed by atoms with Crippen molar-refractivity contribution >= 4 is 43.6 Å². The number of hydrogen-bond acceptors (Lipinski definition) is 2. The Kier molecular flexibility index (Phi) is 6.02. The Labute approximate surface area is 295 Å². The molecule has 0 aliphatic heterocycles. The average molecular weight is 651 g/mol. The van der Waals surface area contributed by atoms with Gasteiger partial charge in [0.2, 0.25) is 0 Å². The zero-order chi connectivity index (χ0) is 34.4. The van der Waals surface area contributed by atoms with Crippen LogP contribution in [0.3, 0.4) is 0 Å². The maximum Gasteiger partial charge on any atom is 0.0991 e. The molecular weight excluding hydrogens is 621 g/mol. The molecule has 1 aliphatic rings. The van der Waals surface area contributed by atoms with Gasteiger partial charge in [0.15, 0.2) is 0 Å². The number of rotatable bonds is 3. The minimum Gasteiger partial charge on any atom is -0.309 e. The number of para-hydroxylation sites is 2. The zero-order valence-electron chi connectivity index (χ0n) is 28.1. The van der Waals surface area contributed by atoms with E-state index in [4.69, 9.17) is 0 Å². The Bertz CT molecular complexity index is 3030. The highest BCUT2D eigenvalue weighted by Gasteiger charge is 2.38. The van der Waals surface area contributed by atoms with Gasteiger partial charge in [-0.15, -0.1) is 0 Å². The quantitative estimate of drug-likeness (QED) is 0.191. The minimum atomic E-state index is -0.224. The van der Waals surface area contributed by atoms with Gasteiger partial charge in [0.05, 0.1) is 45.3 Å². The molecule has 2 aromatic heterocycles. The van der Waals surface area contributed by atoms with E-state index in [1.165, 1.54) is 38.5 Å². The van der Waals surface area contributed by atoms with Gasteiger partial charge in [-0.1, -0.05) is 86.6 Å². The highest BCUT2D eigenvalue weighted by atomic mass is 15.0. The third kappa shape index (κ3) is 4.05. The molecule has 0 amide bonds. The van der Waals surface area contributed by atoms with Crippen molar-refractivity contribution in [3.05, 3.63) is 168 Å². The van der Waals surface area contributed by atoms with Crippen LogP contribution in [0.1, 0.15) is 36.1 Å². The molecule has 0 unspecified atom stereocenters. The molecule has 4 heteroatoms. The standard InChI is InChI=1S/C47H30N4/c1-47(2)40-20-17-29(27-48)23-38(40)36-19-22-44-45(46(36)47)37-14-4-6-16-42(37)51(44)34-12-8-10-32(26-34)31-9-7-11-33(25-31)50-41-15-5-3-13-35(41)39-24-30(28-49)18-21-43(39)50/h3-26H,1-2H3. The van der Waals surface area contributed by atoms with Crippen molar-refractivity contribution in [2.45, 2.75) is 19.3 Å². The van der Waals surface area contributed by atoms with E-state index in [1.54, 1.807) is 0 Å². The summed E-state index contributed by atoms with van der Waals surface area (Å²) in [5, 5.41) is 24.0. The molecule has 0 N–H and O–H groups in total. The van der Waals surface area contributed by atoms with Gasteiger partial charge in [0, 0.05) is 38.3 Å². The van der Waals surface area contributed by atoms with Crippen molar-refractivity contribution < 1.29 is 0 Å². The average Bonchev–Trinajstić information content (AvgIpc) is 3.77. The highest BCUT2D eigenvalue weighted by molar-refractivity contribution is 6.14. The van der Waals surface area contributed by atoms with Crippen LogP contribution < -0.4 is 0 Å². The van der Waals surface area contributed by atoms with Crippen LogP contribution in [0.25, 0.3) is 77.2 Å². The molecule has 2 heterocycles. The van der Waals surface area contributed by atoms with E-state index < -0.39 is 0 Å². The first-order valence-electron chi connectivity index (χ1n) is 17.2. The van der Waals surface area contributed by atoms with Gasteiger partial charge < -0.3 is 9.13 Å². The van der Waals surface area contributed by atoms with Crippen LogP contribution in [0.4, 0.5) is 0 Å². The van der Waals surface area contributed by atoms with Crippen LogP contribution in [-0.4, -0.2) is 9.13 Å². The predicted molar refractivity (Wildman–Crippen MR) is 208 cm³/mol. The Morgan fingerprint density at radius 2 is 1.04 bits per heavy atom.